The maximum atomic E-state index is 11.9. The van der Waals surface area contributed by atoms with Crippen molar-refractivity contribution in [2.24, 2.45) is 17.8 Å². The number of carbonyl (C=O) groups excluding carboxylic acids is 1. The maximum Gasteiger partial charge on any atom is 0.317 e. The fraction of sp³-hybridized carbons (Fsp3) is 0.875. The van der Waals surface area contributed by atoms with Crippen molar-refractivity contribution in [2.45, 2.75) is 53.4 Å². The highest BCUT2D eigenvalue weighted by Gasteiger charge is 2.16. The normalized spacial score (nSPS) is 12.5. The zero-order valence-corrected chi connectivity index (χ0v) is 14.2. The van der Waals surface area contributed by atoms with Crippen LogP contribution in [-0.2, 0) is 4.79 Å². The molecule has 0 spiro atoms. The summed E-state index contributed by atoms with van der Waals surface area (Å²) in [4.78, 5) is 24.3. The molecule has 0 saturated heterocycles. The molecule has 0 aliphatic heterocycles. The lowest BCUT2D eigenvalue weighted by atomic mass is 9.88. The molecular formula is C16H32N2O3. The molecule has 124 valence electrons. The summed E-state index contributed by atoms with van der Waals surface area (Å²) in [7, 11) is 1.81. The van der Waals surface area contributed by atoms with E-state index in [1.54, 1.807) is 4.90 Å². The largest absolute Gasteiger partial charge is 0.481 e. The van der Waals surface area contributed by atoms with Gasteiger partial charge >= 0.3 is 12.0 Å². The van der Waals surface area contributed by atoms with Crippen LogP contribution in [0.2, 0.25) is 0 Å². The summed E-state index contributed by atoms with van der Waals surface area (Å²) in [6.07, 6.45) is 2.70. The second-order valence-electron chi connectivity index (χ2n) is 6.56. The Bertz CT molecular complexity index is 317. The van der Waals surface area contributed by atoms with Crippen molar-refractivity contribution >= 4 is 12.0 Å². The first-order chi connectivity index (χ1) is 9.73. The lowest BCUT2D eigenvalue weighted by Crippen LogP contribution is -2.39. The number of hydrogen-bond acceptors (Lipinski definition) is 2. The van der Waals surface area contributed by atoms with Crippen molar-refractivity contribution in [3.8, 4) is 0 Å². The van der Waals surface area contributed by atoms with E-state index in [0.717, 1.165) is 19.4 Å². The van der Waals surface area contributed by atoms with Gasteiger partial charge in [-0.05, 0) is 37.0 Å². The van der Waals surface area contributed by atoms with E-state index in [4.69, 9.17) is 5.11 Å². The number of carboxylic acids is 1. The van der Waals surface area contributed by atoms with Gasteiger partial charge in [-0.25, -0.2) is 4.79 Å². The Morgan fingerprint density at radius 3 is 2.19 bits per heavy atom. The molecule has 0 aromatic carbocycles. The molecule has 0 aliphatic carbocycles. The average molecular weight is 300 g/mol. The summed E-state index contributed by atoms with van der Waals surface area (Å²) in [5.74, 6) is 0.599. The average Bonchev–Trinajstić information content (AvgIpc) is 2.38. The molecule has 0 radical (unpaired) electrons. The topological polar surface area (TPSA) is 69.6 Å². The Labute approximate surface area is 129 Å². The first-order valence-electron chi connectivity index (χ1n) is 7.94. The SMILES string of the molecule is CC(C)CCN(C)C(=O)NCCC(CCC(=O)O)C(C)C. The van der Waals surface area contributed by atoms with Crippen LogP contribution in [0.25, 0.3) is 0 Å². The van der Waals surface area contributed by atoms with Crippen molar-refractivity contribution in [1.29, 1.82) is 0 Å². The van der Waals surface area contributed by atoms with Gasteiger partial charge in [0.25, 0.3) is 0 Å². The summed E-state index contributed by atoms with van der Waals surface area (Å²) >= 11 is 0. The molecule has 21 heavy (non-hydrogen) atoms. The number of hydrogen-bond donors (Lipinski definition) is 2. The third kappa shape index (κ3) is 10.2. The number of nitrogens with one attached hydrogen (secondary N) is 1. The first kappa shape index (κ1) is 19.7. The fourth-order valence-electron chi connectivity index (χ4n) is 2.17. The minimum atomic E-state index is -0.752. The standard InChI is InChI=1S/C16H32N2O3/c1-12(2)9-11-18(5)16(21)17-10-8-14(13(3)4)6-7-15(19)20/h12-14H,6-11H2,1-5H3,(H,17,21)(H,19,20). The summed E-state index contributed by atoms with van der Waals surface area (Å²) in [6, 6.07) is -0.0450. The maximum absolute atomic E-state index is 11.9. The molecule has 5 heteroatoms. The van der Waals surface area contributed by atoms with E-state index in [9.17, 15) is 9.59 Å². The molecule has 0 saturated carbocycles. The molecule has 2 amide bonds. The van der Waals surface area contributed by atoms with Crippen molar-refractivity contribution in [1.82, 2.24) is 10.2 Å². The van der Waals surface area contributed by atoms with E-state index in [1.165, 1.54) is 0 Å². The van der Waals surface area contributed by atoms with Crippen LogP contribution in [0.1, 0.15) is 53.4 Å². The molecular weight excluding hydrogens is 268 g/mol. The van der Waals surface area contributed by atoms with Gasteiger partial charge in [-0.15, -0.1) is 0 Å². The van der Waals surface area contributed by atoms with Crippen LogP contribution in [0.15, 0.2) is 0 Å². The molecule has 0 heterocycles. The summed E-state index contributed by atoms with van der Waals surface area (Å²) in [5, 5.41) is 11.7. The molecule has 0 bridgehead atoms. The van der Waals surface area contributed by atoms with Crippen molar-refractivity contribution in [3.05, 3.63) is 0 Å². The zero-order valence-electron chi connectivity index (χ0n) is 14.2. The first-order valence-corrected chi connectivity index (χ1v) is 7.94. The number of rotatable bonds is 10. The van der Waals surface area contributed by atoms with E-state index < -0.39 is 5.97 Å². The number of carboxylic acid groups (broad SMARTS) is 1. The van der Waals surface area contributed by atoms with Gasteiger partial charge in [0.05, 0.1) is 0 Å². The smallest absolute Gasteiger partial charge is 0.317 e. The van der Waals surface area contributed by atoms with Crippen LogP contribution in [0.3, 0.4) is 0 Å². The van der Waals surface area contributed by atoms with E-state index in [0.29, 0.717) is 30.7 Å². The van der Waals surface area contributed by atoms with Gasteiger partial charge in [0.15, 0.2) is 0 Å². The molecule has 5 nitrogen and oxygen atoms in total. The third-order valence-electron chi connectivity index (χ3n) is 3.85. The van der Waals surface area contributed by atoms with Crippen molar-refractivity contribution < 1.29 is 14.7 Å². The van der Waals surface area contributed by atoms with E-state index in [2.05, 4.69) is 33.0 Å². The lowest BCUT2D eigenvalue weighted by Gasteiger charge is -2.22. The highest BCUT2D eigenvalue weighted by Crippen LogP contribution is 2.20. The fourth-order valence-corrected chi connectivity index (χ4v) is 2.17. The summed E-state index contributed by atoms with van der Waals surface area (Å²) < 4.78 is 0. The number of urea groups is 1. The molecule has 0 aromatic rings. The van der Waals surface area contributed by atoms with Crippen LogP contribution < -0.4 is 5.32 Å². The van der Waals surface area contributed by atoms with Gasteiger partial charge in [0, 0.05) is 26.6 Å². The van der Waals surface area contributed by atoms with Gasteiger partial charge in [0.2, 0.25) is 0 Å². The van der Waals surface area contributed by atoms with Crippen LogP contribution in [-0.4, -0.2) is 42.1 Å². The Balaban J connectivity index is 4.01. The number of amides is 2. The predicted molar refractivity (Wildman–Crippen MR) is 85.3 cm³/mol. The van der Waals surface area contributed by atoms with E-state index in [-0.39, 0.29) is 12.5 Å². The van der Waals surface area contributed by atoms with Crippen LogP contribution in [0.4, 0.5) is 4.79 Å². The molecule has 1 unspecified atom stereocenters. The molecule has 1 atom stereocenters. The molecule has 0 fully saturated rings. The second-order valence-corrected chi connectivity index (χ2v) is 6.56. The van der Waals surface area contributed by atoms with E-state index >= 15 is 0 Å². The van der Waals surface area contributed by atoms with Crippen LogP contribution in [0.5, 0.6) is 0 Å². The molecule has 2 N–H and O–H groups in total. The number of carbonyl (C=O) groups is 2. The van der Waals surface area contributed by atoms with Gasteiger partial charge in [-0.1, -0.05) is 27.7 Å². The Morgan fingerprint density at radius 1 is 1.10 bits per heavy atom. The predicted octanol–water partition coefficient (Wildman–Crippen LogP) is 3.20. The monoisotopic (exact) mass is 300 g/mol. The highest BCUT2D eigenvalue weighted by molar-refractivity contribution is 5.73. The second kappa shape index (κ2) is 10.5. The Morgan fingerprint density at radius 2 is 1.71 bits per heavy atom. The van der Waals surface area contributed by atoms with Crippen molar-refractivity contribution in [2.75, 3.05) is 20.1 Å². The van der Waals surface area contributed by atoms with Crippen LogP contribution >= 0.6 is 0 Å². The van der Waals surface area contributed by atoms with Crippen molar-refractivity contribution in [3.63, 3.8) is 0 Å². The van der Waals surface area contributed by atoms with Gasteiger partial charge in [-0.2, -0.15) is 0 Å². The summed E-state index contributed by atoms with van der Waals surface area (Å²) in [5.41, 5.74) is 0. The minimum absolute atomic E-state index is 0.0450. The minimum Gasteiger partial charge on any atom is -0.481 e. The molecule has 0 rings (SSSR count). The van der Waals surface area contributed by atoms with Gasteiger partial charge < -0.3 is 15.3 Å². The number of aliphatic carboxylic acids is 1. The van der Waals surface area contributed by atoms with E-state index in [1.807, 2.05) is 7.05 Å². The third-order valence-corrected chi connectivity index (χ3v) is 3.85. The zero-order chi connectivity index (χ0) is 16.4. The van der Waals surface area contributed by atoms with Gasteiger partial charge in [-0.3, -0.25) is 4.79 Å². The number of nitrogens with zero attached hydrogens (tertiary/aromatic N) is 1. The Hall–Kier alpha value is -1.26. The van der Waals surface area contributed by atoms with Gasteiger partial charge in [0.1, 0.15) is 0 Å². The Kier molecular flexibility index (Phi) is 9.84. The molecule has 0 aromatic heterocycles. The van der Waals surface area contributed by atoms with Crippen LogP contribution in [0, 0.1) is 17.8 Å². The lowest BCUT2D eigenvalue weighted by molar-refractivity contribution is -0.137. The molecule has 0 aliphatic rings. The highest BCUT2D eigenvalue weighted by atomic mass is 16.4. The quantitative estimate of drug-likeness (QED) is 0.651. The summed E-state index contributed by atoms with van der Waals surface area (Å²) in [6.45, 7) is 9.85.